The van der Waals surface area contributed by atoms with Crippen LogP contribution in [0.3, 0.4) is 0 Å². The standard InChI is InChI=1S/C10H11FN2O3.ClH/c11-7-2-1-3-8(13(14)15)9(7)16-6-10(12)4-5-10;/h1-3H,4-6,12H2;1H. The average Bonchev–Trinajstić information content (AvgIpc) is 2.95. The molecule has 0 radical (unpaired) electrons. The van der Waals surface area contributed by atoms with E-state index in [0.717, 1.165) is 18.9 Å². The Morgan fingerprint density at radius 2 is 2.18 bits per heavy atom. The van der Waals surface area contributed by atoms with Crippen molar-refractivity contribution in [1.82, 2.24) is 0 Å². The van der Waals surface area contributed by atoms with Crippen LogP contribution in [0.1, 0.15) is 12.8 Å². The first-order chi connectivity index (χ1) is 7.52. The Morgan fingerprint density at radius 3 is 2.71 bits per heavy atom. The minimum absolute atomic E-state index is 0. The second-order valence-corrected chi connectivity index (χ2v) is 4.00. The van der Waals surface area contributed by atoms with Crippen LogP contribution in [0, 0.1) is 15.9 Å². The number of rotatable bonds is 4. The van der Waals surface area contributed by atoms with Crippen LogP contribution in [0.15, 0.2) is 18.2 Å². The lowest BCUT2D eigenvalue weighted by molar-refractivity contribution is -0.386. The Morgan fingerprint density at radius 1 is 1.53 bits per heavy atom. The molecule has 2 N–H and O–H groups in total. The maximum Gasteiger partial charge on any atom is 0.314 e. The third-order valence-electron chi connectivity index (χ3n) is 2.54. The first kappa shape index (κ1) is 13.7. The van der Waals surface area contributed by atoms with Crippen LogP contribution in [-0.4, -0.2) is 17.1 Å². The number of nitrogens with zero attached hydrogens (tertiary/aromatic N) is 1. The second-order valence-electron chi connectivity index (χ2n) is 4.00. The molecule has 0 spiro atoms. The average molecular weight is 263 g/mol. The number of nitro benzene ring substituents is 1. The van der Waals surface area contributed by atoms with Gasteiger partial charge in [-0.3, -0.25) is 10.1 Å². The van der Waals surface area contributed by atoms with Crippen molar-refractivity contribution < 1.29 is 14.1 Å². The van der Waals surface area contributed by atoms with Crippen LogP contribution in [0.2, 0.25) is 0 Å². The molecule has 2 rings (SSSR count). The van der Waals surface area contributed by atoms with Crippen LogP contribution >= 0.6 is 12.4 Å². The van der Waals surface area contributed by atoms with E-state index < -0.39 is 16.3 Å². The Balaban J connectivity index is 0.00000144. The zero-order chi connectivity index (χ0) is 11.8. The molecule has 0 amide bonds. The quantitative estimate of drug-likeness (QED) is 0.665. The molecule has 1 saturated carbocycles. The van der Waals surface area contributed by atoms with E-state index in [9.17, 15) is 14.5 Å². The van der Waals surface area contributed by atoms with Gasteiger partial charge in [-0.2, -0.15) is 0 Å². The lowest BCUT2D eigenvalue weighted by Gasteiger charge is -2.11. The van der Waals surface area contributed by atoms with Crippen LogP contribution in [0.4, 0.5) is 10.1 Å². The molecule has 0 aliphatic heterocycles. The number of benzene rings is 1. The monoisotopic (exact) mass is 262 g/mol. The molecule has 1 aromatic carbocycles. The minimum atomic E-state index is -0.738. The Bertz CT molecular complexity index is 438. The highest BCUT2D eigenvalue weighted by Crippen LogP contribution is 2.35. The molecule has 0 unspecified atom stereocenters. The number of hydrogen-bond acceptors (Lipinski definition) is 4. The zero-order valence-corrected chi connectivity index (χ0v) is 9.71. The molecular weight excluding hydrogens is 251 g/mol. The molecule has 0 bridgehead atoms. The Kier molecular flexibility index (Phi) is 3.90. The van der Waals surface area contributed by atoms with Crippen molar-refractivity contribution >= 4 is 18.1 Å². The topological polar surface area (TPSA) is 78.4 Å². The van der Waals surface area contributed by atoms with Gasteiger partial charge in [0.25, 0.3) is 0 Å². The van der Waals surface area contributed by atoms with Gasteiger partial charge in [0.2, 0.25) is 5.75 Å². The number of nitro groups is 1. The fourth-order valence-corrected chi connectivity index (χ4v) is 1.30. The van der Waals surface area contributed by atoms with Crippen molar-refractivity contribution in [2.24, 2.45) is 5.73 Å². The summed E-state index contributed by atoms with van der Waals surface area (Å²) in [6.45, 7) is 0.106. The molecule has 0 atom stereocenters. The smallest absolute Gasteiger partial charge is 0.314 e. The molecule has 1 fully saturated rings. The maximum atomic E-state index is 13.3. The van der Waals surface area contributed by atoms with Crippen LogP contribution < -0.4 is 10.5 Å². The minimum Gasteiger partial charge on any atom is -0.483 e. The highest BCUT2D eigenvalue weighted by atomic mass is 35.5. The van der Waals surface area contributed by atoms with Gasteiger partial charge >= 0.3 is 5.69 Å². The van der Waals surface area contributed by atoms with Crippen molar-refractivity contribution in [3.05, 3.63) is 34.1 Å². The highest BCUT2D eigenvalue weighted by molar-refractivity contribution is 5.85. The van der Waals surface area contributed by atoms with Gasteiger partial charge in [-0.1, -0.05) is 6.07 Å². The van der Waals surface area contributed by atoms with E-state index in [2.05, 4.69) is 0 Å². The van der Waals surface area contributed by atoms with Crippen LogP contribution in [0.25, 0.3) is 0 Å². The van der Waals surface area contributed by atoms with E-state index in [1.165, 1.54) is 12.1 Å². The van der Waals surface area contributed by atoms with Crippen LogP contribution in [-0.2, 0) is 0 Å². The first-order valence-corrected chi connectivity index (χ1v) is 4.86. The van der Waals surface area contributed by atoms with E-state index in [0.29, 0.717) is 0 Å². The van der Waals surface area contributed by atoms with Crippen molar-refractivity contribution in [2.75, 3.05) is 6.61 Å². The van der Waals surface area contributed by atoms with E-state index >= 15 is 0 Å². The molecule has 1 aliphatic carbocycles. The van der Waals surface area contributed by atoms with Crippen molar-refractivity contribution in [2.45, 2.75) is 18.4 Å². The summed E-state index contributed by atoms with van der Waals surface area (Å²) in [6.07, 6.45) is 1.60. The largest absolute Gasteiger partial charge is 0.483 e. The fraction of sp³-hybridized carbons (Fsp3) is 0.400. The normalized spacial score (nSPS) is 15.9. The van der Waals surface area contributed by atoms with Crippen LogP contribution in [0.5, 0.6) is 5.75 Å². The Hall–Kier alpha value is -1.40. The number of ether oxygens (including phenoxy) is 1. The zero-order valence-electron chi connectivity index (χ0n) is 8.89. The number of para-hydroxylation sites is 1. The molecule has 17 heavy (non-hydrogen) atoms. The molecule has 0 saturated heterocycles. The van der Waals surface area contributed by atoms with E-state index in [1.807, 2.05) is 0 Å². The third kappa shape index (κ3) is 3.04. The molecule has 94 valence electrons. The predicted molar refractivity (Wildman–Crippen MR) is 61.9 cm³/mol. The lowest BCUT2D eigenvalue weighted by atomic mass is 10.2. The molecule has 0 heterocycles. The third-order valence-corrected chi connectivity index (χ3v) is 2.54. The summed E-state index contributed by atoms with van der Waals surface area (Å²) in [5.74, 6) is -1.07. The van der Waals surface area contributed by atoms with Gasteiger partial charge < -0.3 is 10.5 Å². The number of nitrogens with two attached hydrogens (primary N) is 1. The van der Waals surface area contributed by atoms with Gasteiger partial charge in [0.1, 0.15) is 6.61 Å². The number of halogens is 2. The molecule has 7 heteroatoms. The van der Waals surface area contributed by atoms with Gasteiger partial charge in [0, 0.05) is 6.07 Å². The molecule has 5 nitrogen and oxygen atoms in total. The second kappa shape index (κ2) is 4.85. The summed E-state index contributed by atoms with van der Waals surface area (Å²) in [4.78, 5) is 9.97. The highest BCUT2D eigenvalue weighted by Gasteiger charge is 2.39. The van der Waals surface area contributed by atoms with Gasteiger partial charge in [-0.05, 0) is 18.9 Å². The fourth-order valence-electron chi connectivity index (χ4n) is 1.30. The Labute approximate surface area is 103 Å². The van der Waals surface area contributed by atoms with Gasteiger partial charge in [0.15, 0.2) is 5.82 Å². The molecular formula is C10H12ClFN2O3. The van der Waals surface area contributed by atoms with E-state index in [-0.39, 0.29) is 30.5 Å². The van der Waals surface area contributed by atoms with Crippen molar-refractivity contribution in [1.29, 1.82) is 0 Å². The summed E-state index contributed by atoms with van der Waals surface area (Å²) < 4.78 is 18.5. The molecule has 1 aromatic rings. The van der Waals surface area contributed by atoms with Gasteiger partial charge in [0.05, 0.1) is 10.5 Å². The summed E-state index contributed by atoms with van der Waals surface area (Å²) in [7, 11) is 0. The summed E-state index contributed by atoms with van der Waals surface area (Å²) >= 11 is 0. The molecule has 1 aliphatic rings. The number of hydrogen-bond donors (Lipinski definition) is 1. The lowest BCUT2D eigenvalue weighted by Crippen LogP contribution is -2.30. The summed E-state index contributed by atoms with van der Waals surface area (Å²) in [5.41, 5.74) is 4.95. The van der Waals surface area contributed by atoms with Crippen molar-refractivity contribution in [3.63, 3.8) is 0 Å². The molecule has 0 aromatic heterocycles. The van der Waals surface area contributed by atoms with E-state index in [1.54, 1.807) is 0 Å². The predicted octanol–water partition coefficient (Wildman–Crippen LogP) is 2.03. The summed E-state index contributed by atoms with van der Waals surface area (Å²) in [5, 5.41) is 10.6. The van der Waals surface area contributed by atoms with Crippen molar-refractivity contribution in [3.8, 4) is 5.75 Å². The summed E-state index contributed by atoms with van der Waals surface area (Å²) in [6, 6.07) is 3.60. The van der Waals surface area contributed by atoms with E-state index in [4.69, 9.17) is 10.5 Å². The maximum absolute atomic E-state index is 13.3. The SMILES string of the molecule is Cl.NC1(COc2c(F)cccc2[N+](=O)[O-])CC1. The first-order valence-electron chi connectivity index (χ1n) is 4.86. The van der Waals surface area contributed by atoms with Gasteiger partial charge in [-0.25, -0.2) is 4.39 Å². The van der Waals surface area contributed by atoms with Gasteiger partial charge in [-0.15, -0.1) is 12.4 Å².